The van der Waals surface area contributed by atoms with Crippen molar-refractivity contribution in [3.63, 3.8) is 0 Å². The third-order valence-corrected chi connectivity index (χ3v) is 11.0. The van der Waals surface area contributed by atoms with Crippen molar-refractivity contribution in [1.29, 1.82) is 0 Å². The molecule has 1 aliphatic heterocycles. The van der Waals surface area contributed by atoms with Crippen LogP contribution in [0.5, 0.6) is 5.75 Å². The monoisotopic (exact) mass is 834 g/mol. The van der Waals surface area contributed by atoms with E-state index in [1.165, 1.54) is 0 Å². The molecule has 1 aliphatic carbocycles. The molecule has 0 bridgehead atoms. The molecule has 4 aromatic rings. The average molecular weight is 835 g/mol. The lowest BCUT2D eigenvalue weighted by atomic mass is 9.91. The Morgan fingerprint density at radius 1 is 0.902 bits per heavy atom. The van der Waals surface area contributed by atoms with Crippen molar-refractivity contribution < 1.29 is 38.9 Å². The number of rotatable bonds is 18. The maximum Gasteiger partial charge on any atom is 0.344 e. The number of ether oxygens (including phenoxy) is 2. The molecule has 0 spiro atoms. The quantitative estimate of drug-likeness (QED) is 0.0918. The van der Waals surface area contributed by atoms with Crippen molar-refractivity contribution in [3.8, 4) is 5.75 Å². The predicted octanol–water partition coefficient (Wildman–Crippen LogP) is 3.45. The zero-order chi connectivity index (χ0) is 43.5. The summed E-state index contributed by atoms with van der Waals surface area (Å²) in [6, 6.07) is 25.6. The number of esters is 1. The van der Waals surface area contributed by atoms with Gasteiger partial charge in [-0.1, -0.05) is 72.8 Å². The first-order valence-electron chi connectivity index (χ1n) is 20.9. The number of aromatic nitrogens is 1. The molecule has 2 amide bonds. The Morgan fingerprint density at radius 3 is 2.31 bits per heavy atom. The molecule has 6 atom stereocenters. The van der Waals surface area contributed by atoms with Crippen LogP contribution in [0.25, 0.3) is 0 Å². The summed E-state index contributed by atoms with van der Waals surface area (Å²) in [4.78, 5) is 61.9. The first kappa shape index (κ1) is 44.9. The van der Waals surface area contributed by atoms with Crippen LogP contribution in [0.15, 0.2) is 103 Å². The number of pyridine rings is 1. The highest BCUT2D eigenvalue weighted by Crippen LogP contribution is 2.32. The maximum absolute atomic E-state index is 14.4. The summed E-state index contributed by atoms with van der Waals surface area (Å²) in [5.74, 6) is -2.51. The van der Waals surface area contributed by atoms with Crippen LogP contribution in [-0.4, -0.2) is 111 Å². The summed E-state index contributed by atoms with van der Waals surface area (Å²) in [6.45, 7) is 7.69. The minimum Gasteiger partial charge on any atom is -0.482 e. The average Bonchev–Trinajstić information content (AvgIpc) is 3.54. The number of aliphatic hydroxyl groups excluding tert-OH is 1. The van der Waals surface area contributed by atoms with E-state index in [4.69, 9.17) is 15.2 Å². The van der Waals surface area contributed by atoms with Crippen molar-refractivity contribution >= 4 is 23.8 Å². The van der Waals surface area contributed by atoms with Crippen molar-refractivity contribution in [2.24, 2.45) is 11.7 Å². The van der Waals surface area contributed by atoms with Crippen LogP contribution in [0.3, 0.4) is 0 Å². The van der Waals surface area contributed by atoms with Gasteiger partial charge in [0.2, 0.25) is 11.8 Å². The molecule has 1 saturated heterocycles. The number of aliphatic carboxylic acids is 1. The van der Waals surface area contributed by atoms with Crippen molar-refractivity contribution in [3.05, 3.63) is 131 Å². The summed E-state index contributed by atoms with van der Waals surface area (Å²) >= 11 is 0. The van der Waals surface area contributed by atoms with Crippen LogP contribution in [0, 0.1) is 5.92 Å². The number of carboxylic acid groups (broad SMARTS) is 1. The highest BCUT2D eigenvalue weighted by atomic mass is 16.6. The summed E-state index contributed by atoms with van der Waals surface area (Å²) in [5, 5.41) is 26.5. The summed E-state index contributed by atoms with van der Waals surface area (Å²) in [5.41, 5.74) is 9.69. The van der Waals surface area contributed by atoms with Crippen LogP contribution in [0.4, 0.5) is 0 Å². The van der Waals surface area contributed by atoms with E-state index in [2.05, 4.69) is 20.5 Å². The van der Waals surface area contributed by atoms with Gasteiger partial charge in [-0.25, -0.2) is 4.79 Å². The second-order valence-electron chi connectivity index (χ2n) is 17.1. The second kappa shape index (κ2) is 20.7. The van der Waals surface area contributed by atoms with Gasteiger partial charge >= 0.3 is 11.9 Å². The van der Waals surface area contributed by atoms with Gasteiger partial charge in [0.15, 0.2) is 6.61 Å². The molecule has 6 N–H and O–H groups in total. The number of piperazine rings is 1. The lowest BCUT2D eigenvalue weighted by Crippen LogP contribution is -2.62. The molecule has 1 fully saturated rings. The van der Waals surface area contributed by atoms with E-state index in [0.717, 1.165) is 22.3 Å². The van der Waals surface area contributed by atoms with Crippen LogP contribution >= 0.6 is 0 Å². The largest absolute Gasteiger partial charge is 0.482 e. The molecule has 1 aromatic heterocycles. The van der Waals surface area contributed by atoms with Gasteiger partial charge in [-0.2, -0.15) is 0 Å². The Balaban J connectivity index is 1.24. The van der Waals surface area contributed by atoms with Gasteiger partial charge in [-0.05, 0) is 86.1 Å². The number of nitrogens with one attached hydrogen (secondary N) is 2. The minimum absolute atomic E-state index is 0.124. The number of hydrogen-bond acceptors (Lipinski definition) is 11. The first-order chi connectivity index (χ1) is 29.2. The van der Waals surface area contributed by atoms with Crippen LogP contribution in [0.2, 0.25) is 0 Å². The van der Waals surface area contributed by atoms with Crippen LogP contribution < -0.4 is 21.1 Å². The van der Waals surface area contributed by atoms with E-state index in [-0.39, 0.29) is 31.2 Å². The lowest BCUT2D eigenvalue weighted by molar-refractivity contribution is -0.155. The number of hydrogen-bond donors (Lipinski definition) is 5. The molecular formula is C47H58N6O8. The topological polar surface area (TPSA) is 197 Å². The number of fused-ring (bicyclic) bond motifs is 1. The number of carbonyl (C=O) groups excluding carboxylic acids is 3. The van der Waals surface area contributed by atoms with Crippen LogP contribution in [0.1, 0.15) is 61.1 Å². The fraction of sp³-hybridized carbons (Fsp3) is 0.426. The molecule has 6 rings (SSSR count). The summed E-state index contributed by atoms with van der Waals surface area (Å²) in [6.07, 6.45) is 2.93. The highest BCUT2D eigenvalue weighted by molar-refractivity contribution is 5.83. The van der Waals surface area contributed by atoms with Gasteiger partial charge in [0, 0.05) is 63.0 Å². The molecule has 14 heteroatoms. The summed E-state index contributed by atoms with van der Waals surface area (Å²) < 4.78 is 12.0. The molecule has 3 aromatic carbocycles. The van der Waals surface area contributed by atoms with Gasteiger partial charge in [-0.3, -0.25) is 29.2 Å². The smallest absolute Gasteiger partial charge is 0.344 e. The molecule has 61 heavy (non-hydrogen) atoms. The van der Waals surface area contributed by atoms with E-state index in [1.807, 2.05) is 98.6 Å². The molecule has 324 valence electrons. The van der Waals surface area contributed by atoms with Gasteiger partial charge in [0.25, 0.3) is 0 Å². The number of nitrogens with zero attached hydrogens (tertiary/aromatic N) is 3. The normalized spacial score (nSPS) is 19.5. The SMILES string of the molecule is CC(C)(C)NC(=O)[C@@H]1CN(Cc2cccnc2)CCN1C[C@H](C[C@H](Cc1ccccc1)C(=O)N[C@H]1c2ccccc2C[C@H]1O)OC(=O)COc1ccc(C[C@H](N)C(=O)O)cc1. The Hall–Kier alpha value is -5.67. The first-order valence-corrected chi connectivity index (χ1v) is 20.9. The van der Waals surface area contributed by atoms with E-state index in [9.17, 15) is 29.4 Å². The molecule has 0 radical (unpaired) electrons. The standard InChI is InChI=1S/C47H58N6O8/c1-47(2,3)51-45(57)40-29-52(27-33-12-9-19-49-26-33)20-21-53(40)28-37(61-42(55)30-60-36-17-15-32(16-18-36)23-39(48)46(58)59)24-35(22-31-10-5-4-6-11-31)44(56)50-43-38-14-8-7-13-34(38)25-41(43)54/h4-19,26,35,37,39-41,43,54H,20-25,27-30,48H2,1-3H3,(H,50,56)(H,51,57)(H,58,59)/t35-,37-,39-,40-,41+,43-/m0/s1. The molecule has 0 saturated carbocycles. The highest BCUT2D eigenvalue weighted by Gasteiger charge is 2.38. The molecule has 0 unspecified atom stereocenters. The van der Waals surface area contributed by atoms with Crippen LogP contribution in [-0.2, 0) is 49.7 Å². The summed E-state index contributed by atoms with van der Waals surface area (Å²) in [7, 11) is 0. The number of aliphatic hydroxyl groups is 1. The number of amides is 2. The maximum atomic E-state index is 14.4. The number of carboxylic acids is 1. The number of benzene rings is 3. The third-order valence-electron chi connectivity index (χ3n) is 11.0. The van der Waals surface area contributed by atoms with E-state index in [0.29, 0.717) is 50.3 Å². The molecule has 2 heterocycles. The van der Waals surface area contributed by atoms with Gasteiger partial charge in [0.05, 0.1) is 12.1 Å². The van der Waals surface area contributed by atoms with Crippen molar-refractivity contribution in [1.82, 2.24) is 25.4 Å². The fourth-order valence-corrected chi connectivity index (χ4v) is 8.06. The van der Waals surface area contributed by atoms with Gasteiger partial charge in [-0.15, -0.1) is 0 Å². The molecule has 14 nitrogen and oxygen atoms in total. The van der Waals surface area contributed by atoms with E-state index < -0.39 is 60.3 Å². The van der Waals surface area contributed by atoms with Gasteiger partial charge in [0.1, 0.15) is 23.9 Å². The fourth-order valence-electron chi connectivity index (χ4n) is 8.06. The molecular weight excluding hydrogens is 777 g/mol. The zero-order valence-electron chi connectivity index (χ0n) is 35.1. The van der Waals surface area contributed by atoms with Gasteiger partial charge < -0.3 is 36.1 Å². The Labute approximate surface area is 357 Å². The predicted molar refractivity (Wildman–Crippen MR) is 229 cm³/mol. The van der Waals surface area contributed by atoms with Crippen molar-refractivity contribution in [2.45, 2.75) is 88.9 Å². The zero-order valence-corrected chi connectivity index (χ0v) is 35.1. The van der Waals surface area contributed by atoms with E-state index >= 15 is 0 Å². The number of nitrogens with two attached hydrogens (primary N) is 1. The number of carbonyl (C=O) groups is 4. The molecule has 2 aliphatic rings. The Bertz CT molecular complexity index is 2080. The minimum atomic E-state index is -1.10. The second-order valence-corrected chi connectivity index (χ2v) is 17.1. The van der Waals surface area contributed by atoms with E-state index in [1.54, 1.807) is 30.5 Å². The Morgan fingerprint density at radius 2 is 1.61 bits per heavy atom. The third kappa shape index (κ3) is 13.2. The lowest BCUT2D eigenvalue weighted by Gasteiger charge is -2.42. The van der Waals surface area contributed by atoms with Crippen molar-refractivity contribution in [2.75, 3.05) is 32.8 Å². The Kier molecular flexibility index (Phi) is 15.3.